The summed E-state index contributed by atoms with van der Waals surface area (Å²) in [5, 5.41) is 19.6. The largest absolute Gasteiger partial charge is 0.478 e. The molecule has 0 atom stereocenters. The van der Waals surface area contributed by atoms with Crippen molar-refractivity contribution in [2.45, 2.75) is 19.4 Å². The van der Waals surface area contributed by atoms with Gasteiger partial charge in [0.15, 0.2) is 0 Å². The highest BCUT2D eigenvalue weighted by atomic mass is 16.4. The van der Waals surface area contributed by atoms with Crippen molar-refractivity contribution in [2.75, 3.05) is 20.2 Å². The molecule has 1 aliphatic rings. The predicted octanol–water partition coefficient (Wildman–Crippen LogP) is 1.35. The molecule has 2 aromatic rings. The zero-order valence-corrected chi connectivity index (χ0v) is 12.4. The second-order valence-corrected chi connectivity index (χ2v) is 5.54. The summed E-state index contributed by atoms with van der Waals surface area (Å²) in [6.45, 7) is 0.726. The summed E-state index contributed by atoms with van der Waals surface area (Å²) in [7, 11) is 1.75. The lowest BCUT2D eigenvalue weighted by molar-refractivity contribution is 0.0696. The van der Waals surface area contributed by atoms with Crippen LogP contribution in [0.25, 0.3) is 10.9 Å². The van der Waals surface area contributed by atoms with Crippen LogP contribution in [0.1, 0.15) is 32.8 Å². The molecule has 6 nitrogen and oxygen atoms in total. The number of carboxylic acids is 1. The molecule has 0 unspecified atom stereocenters. The van der Waals surface area contributed by atoms with Crippen LogP contribution < -0.4 is 0 Å². The molecule has 1 aliphatic heterocycles. The first-order chi connectivity index (χ1) is 10.6. The molecule has 1 aromatic carbocycles. The number of hydrogen-bond donors (Lipinski definition) is 2. The Hall–Kier alpha value is -2.34. The molecular formula is C16H18N2O4. The Morgan fingerprint density at radius 2 is 2.14 bits per heavy atom. The lowest BCUT2D eigenvalue weighted by Crippen LogP contribution is -2.28. The van der Waals surface area contributed by atoms with Crippen LogP contribution in [-0.2, 0) is 13.0 Å². The molecule has 6 heteroatoms. The minimum absolute atomic E-state index is 0.117. The molecule has 116 valence electrons. The quantitative estimate of drug-likeness (QED) is 0.896. The van der Waals surface area contributed by atoms with Crippen LogP contribution in [0.3, 0.4) is 0 Å². The molecule has 0 fully saturated rings. The van der Waals surface area contributed by atoms with Gasteiger partial charge < -0.3 is 19.7 Å². The minimum atomic E-state index is -1.03. The van der Waals surface area contributed by atoms with Gasteiger partial charge in [-0.25, -0.2) is 4.79 Å². The number of benzene rings is 1. The first kappa shape index (κ1) is 14.6. The molecule has 2 N–H and O–H groups in total. The second-order valence-electron chi connectivity index (χ2n) is 5.54. The number of aromatic nitrogens is 1. The molecule has 0 spiro atoms. The summed E-state index contributed by atoms with van der Waals surface area (Å²) < 4.78 is 1.66. The number of nitrogens with zero attached hydrogens (tertiary/aromatic N) is 2. The van der Waals surface area contributed by atoms with Gasteiger partial charge in [0, 0.05) is 25.5 Å². The van der Waals surface area contributed by atoms with Gasteiger partial charge in [-0.2, -0.15) is 0 Å². The fourth-order valence-electron chi connectivity index (χ4n) is 3.25. The topological polar surface area (TPSA) is 82.8 Å². The maximum atomic E-state index is 12.7. The molecule has 2 heterocycles. The fourth-order valence-corrected chi connectivity index (χ4v) is 3.25. The number of aryl methyl sites for hydroxylation is 1. The van der Waals surface area contributed by atoms with Crippen LogP contribution in [-0.4, -0.2) is 51.8 Å². The van der Waals surface area contributed by atoms with Gasteiger partial charge >= 0.3 is 5.97 Å². The van der Waals surface area contributed by atoms with Crippen LogP contribution >= 0.6 is 0 Å². The van der Waals surface area contributed by atoms with Crippen LogP contribution in [0.15, 0.2) is 18.2 Å². The van der Waals surface area contributed by atoms with E-state index in [1.54, 1.807) is 22.6 Å². The Labute approximate surface area is 127 Å². The Bertz CT molecular complexity index is 763. The van der Waals surface area contributed by atoms with Gasteiger partial charge in [-0.05, 0) is 24.5 Å². The number of hydrogen-bond acceptors (Lipinski definition) is 3. The molecule has 1 aromatic heterocycles. The van der Waals surface area contributed by atoms with Crippen molar-refractivity contribution in [1.82, 2.24) is 9.47 Å². The van der Waals surface area contributed by atoms with Crippen molar-refractivity contribution in [3.8, 4) is 0 Å². The summed E-state index contributed by atoms with van der Waals surface area (Å²) in [5.41, 5.74) is 2.09. The Balaban J connectivity index is 2.40. The molecule has 0 saturated carbocycles. The van der Waals surface area contributed by atoms with E-state index in [1.807, 2.05) is 6.07 Å². The van der Waals surface area contributed by atoms with Gasteiger partial charge in [0.2, 0.25) is 0 Å². The molecule has 0 aliphatic carbocycles. The normalized spacial score (nSPS) is 15.0. The van der Waals surface area contributed by atoms with Crippen molar-refractivity contribution >= 4 is 22.8 Å². The molecule has 0 radical (unpaired) electrons. The van der Waals surface area contributed by atoms with Crippen molar-refractivity contribution in [2.24, 2.45) is 0 Å². The molecule has 0 bridgehead atoms. The van der Waals surface area contributed by atoms with Gasteiger partial charge in [-0.1, -0.05) is 12.1 Å². The minimum Gasteiger partial charge on any atom is -0.478 e. The summed E-state index contributed by atoms with van der Waals surface area (Å²) >= 11 is 0. The third-order valence-corrected chi connectivity index (χ3v) is 4.21. The van der Waals surface area contributed by atoms with Crippen LogP contribution in [0.2, 0.25) is 0 Å². The molecule has 0 saturated heterocycles. The van der Waals surface area contributed by atoms with Crippen LogP contribution in [0.5, 0.6) is 0 Å². The second kappa shape index (κ2) is 5.46. The number of amides is 1. The smallest absolute Gasteiger partial charge is 0.337 e. The van der Waals surface area contributed by atoms with E-state index >= 15 is 0 Å². The highest BCUT2D eigenvalue weighted by Crippen LogP contribution is 2.32. The van der Waals surface area contributed by atoms with E-state index in [2.05, 4.69) is 0 Å². The lowest BCUT2D eigenvalue weighted by atomic mass is 10.0. The fraction of sp³-hybridized carbons (Fsp3) is 0.375. The average Bonchev–Trinajstić information content (AvgIpc) is 2.72. The Morgan fingerprint density at radius 3 is 2.82 bits per heavy atom. The van der Waals surface area contributed by atoms with Gasteiger partial charge in [0.05, 0.1) is 17.7 Å². The molecule has 3 rings (SSSR count). The summed E-state index contributed by atoms with van der Waals surface area (Å²) in [6.07, 6.45) is 1.56. The maximum Gasteiger partial charge on any atom is 0.337 e. The first-order valence-electron chi connectivity index (χ1n) is 7.30. The Kier molecular flexibility index (Phi) is 3.62. The number of fused-ring (bicyclic) bond motifs is 3. The van der Waals surface area contributed by atoms with E-state index < -0.39 is 5.97 Å². The monoisotopic (exact) mass is 302 g/mol. The van der Waals surface area contributed by atoms with Gasteiger partial charge in [-0.3, -0.25) is 4.79 Å². The molecule has 1 amide bonds. The van der Waals surface area contributed by atoms with Crippen LogP contribution in [0.4, 0.5) is 0 Å². The highest BCUT2D eigenvalue weighted by molar-refractivity contribution is 6.08. The first-order valence-corrected chi connectivity index (χ1v) is 7.30. The van der Waals surface area contributed by atoms with Gasteiger partial charge in [0.1, 0.15) is 5.69 Å². The van der Waals surface area contributed by atoms with Crippen molar-refractivity contribution in [1.29, 1.82) is 0 Å². The standard InChI is InChI=1S/C16H18N2O4/c1-17-7-3-6-11-10-4-2-5-12(16(21)22)13(10)18(8-9-19)14(11)15(17)20/h2,4-5,19H,3,6-9H2,1H3,(H,21,22). The summed E-state index contributed by atoms with van der Waals surface area (Å²) in [6, 6.07) is 5.09. The van der Waals surface area contributed by atoms with E-state index in [9.17, 15) is 19.8 Å². The van der Waals surface area contributed by atoms with E-state index in [4.69, 9.17) is 0 Å². The van der Waals surface area contributed by atoms with E-state index in [0.717, 1.165) is 23.8 Å². The number of carboxylic acid groups (broad SMARTS) is 1. The van der Waals surface area contributed by atoms with Crippen molar-refractivity contribution < 1.29 is 19.8 Å². The number of aliphatic hydroxyl groups is 1. The number of carbonyl (C=O) groups is 2. The zero-order chi connectivity index (χ0) is 15.9. The molecular weight excluding hydrogens is 284 g/mol. The van der Waals surface area contributed by atoms with Gasteiger partial charge in [0.25, 0.3) is 5.91 Å². The van der Waals surface area contributed by atoms with E-state index in [1.165, 1.54) is 6.07 Å². The number of aromatic carboxylic acids is 1. The number of rotatable bonds is 3. The number of para-hydroxylation sites is 1. The van der Waals surface area contributed by atoms with Crippen molar-refractivity contribution in [3.05, 3.63) is 35.0 Å². The SMILES string of the molecule is CN1CCCc2c(n(CCO)c3c(C(=O)O)cccc23)C1=O. The summed E-state index contributed by atoms with van der Waals surface area (Å²) in [5.74, 6) is -1.15. The maximum absolute atomic E-state index is 12.7. The lowest BCUT2D eigenvalue weighted by Gasteiger charge is -2.16. The number of carbonyl (C=O) groups excluding carboxylic acids is 1. The average molecular weight is 302 g/mol. The van der Waals surface area contributed by atoms with Gasteiger partial charge in [-0.15, -0.1) is 0 Å². The third kappa shape index (κ3) is 2.07. The number of aliphatic hydroxyl groups excluding tert-OH is 1. The van der Waals surface area contributed by atoms with E-state index in [-0.39, 0.29) is 24.6 Å². The third-order valence-electron chi connectivity index (χ3n) is 4.21. The highest BCUT2D eigenvalue weighted by Gasteiger charge is 2.29. The molecule has 22 heavy (non-hydrogen) atoms. The van der Waals surface area contributed by atoms with Crippen molar-refractivity contribution in [3.63, 3.8) is 0 Å². The van der Waals surface area contributed by atoms with E-state index in [0.29, 0.717) is 17.8 Å². The zero-order valence-electron chi connectivity index (χ0n) is 12.4. The van der Waals surface area contributed by atoms with Crippen LogP contribution in [0, 0.1) is 0 Å². The predicted molar refractivity (Wildman–Crippen MR) is 81.3 cm³/mol. The Morgan fingerprint density at radius 1 is 1.36 bits per heavy atom. The summed E-state index contributed by atoms with van der Waals surface area (Å²) in [4.78, 5) is 25.8.